The molecule has 2 rings (SSSR count). The zero-order chi connectivity index (χ0) is 27.2. The van der Waals surface area contributed by atoms with Crippen LogP contribution < -0.4 is 9.88 Å². The minimum absolute atomic E-state index is 0.233. The number of rotatable bonds is 8. The zero-order valence-corrected chi connectivity index (χ0v) is 24.0. The Balaban J connectivity index is 0.00000111. The summed E-state index contributed by atoms with van der Waals surface area (Å²) < 4.78 is 34.1. The lowest BCUT2D eigenvalue weighted by Crippen LogP contribution is -2.32. The maximum Gasteiger partial charge on any atom is 0.302 e. The predicted octanol–water partition coefficient (Wildman–Crippen LogP) is 5.08. The summed E-state index contributed by atoms with van der Waals surface area (Å²) in [5.41, 5.74) is 2.25. The number of methoxy groups -OCH3 is 1. The maximum atomic E-state index is 12.0. The van der Waals surface area contributed by atoms with Gasteiger partial charge in [0.2, 0.25) is 10.0 Å². The fraction of sp³-hybridized carbons (Fsp3) is 0.577. The predicted molar refractivity (Wildman–Crippen MR) is 142 cm³/mol. The molecule has 0 saturated carbocycles. The Labute approximate surface area is 214 Å². The standard InChI is InChI=1S/C23H35NO4S2.C3H6O2/c1-8-23(9-2,20-13-16(4)21(29-20)30(24,26)27)17-10-11-18(15(3)12-17)28-14-19(25)22(5,6)7;1-3(4)5-2/h10-13,19,25H,8-9,14H2,1-7H3,(H2,24,26,27);1-2H3. The van der Waals surface area contributed by atoms with Gasteiger partial charge < -0.3 is 14.6 Å². The molecule has 0 spiro atoms. The number of ether oxygens (including phenoxy) is 2. The normalized spacial score (nSPS) is 13.0. The van der Waals surface area contributed by atoms with Crippen LogP contribution in [0.1, 0.15) is 76.0 Å². The Morgan fingerprint density at radius 2 is 1.66 bits per heavy atom. The van der Waals surface area contributed by atoms with Gasteiger partial charge >= 0.3 is 5.97 Å². The zero-order valence-electron chi connectivity index (χ0n) is 22.4. The Kier molecular flexibility index (Phi) is 11.0. The molecule has 1 unspecified atom stereocenters. The van der Waals surface area contributed by atoms with E-state index in [-0.39, 0.29) is 27.6 Å². The molecule has 1 atom stereocenters. The number of aliphatic hydroxyl groups is 1. The summed E-state index contributed by atoms with van der Waals surface area (Å²) in [4.78, 5) is 10.6. The van der Waals surface area contributed by atoms with Gasteiger partial charge in [-0.05, 0) is 60.9 Å². The summed E-state index contributed by atoms with van der Waals surface area (Å²) in [6.45, 7) is 15.6. The number of aliphatic hydroxyl groups excluding tert-OH is 1. The largest absolute Gasteiger partial charge is 0.491 e. The molecule has 0 radical (unpaired) electrons. The third kappa shape index (κ3) is 8.03. The number of thiophene rings is 1. The number of nitrogens with two attached hydrogens (primary N) is 1. The number of sulfonamides is 1. The fourth-order valence-corrected chi connectivity index (χ4v) is 6.16. The Hall–Kier alpha value is -1.94. The second kappa shape index (κ2) is 12.3. The van der Waals surface area contributed by atoms with Crippen LogP contribution in [-0.4, -0.2) is 39.3 Å². The van der Waals surface area contributed by atoms with Crippen molar-refractivity contribution < 1.29 is 27.8 Å². The number of esters is 1. The van der Waals surface area contributed by atoms with Crippen LogP contribution in [-0.2, 0) is 25.0 Å². The summed E-state index contributed by atoms with van der Waals surface area (Å²) in [6.07, 6.45) is 1.10. The van der Waals surface area contributed by atoms with Gasteiger partial charge in [0, 0.05) is 17.2 Å². The molecule has 1 aromatic heterocycles. The van der Waals surface area contributed by atoms with Crippen LogP contribution in [0.2, 0.25) is 0 Å². The molecule has 1 aromatic carbocycles. The number of hydrogen-bond acceptors (Lipinski definition) is 7. The van der Waals surface area contributed by atoms with Gasteiger partial charge in [-0.1, -0.05) is 46.8 Å². The van der Waals surface area contributed by atoms with Gasteiger partial charge in [0.1, 0.15) is 16.6 Å². The van der Waals surface area contributed by atoms with Crippen molar-refractivity contribution in [3.05, 3.63) is 45.8 Å². The van der Waals surface area contributed by atoms with E-state index in [1.807, 2.05) is 45.9 Å². The van der Waals surface area contributed by atoms with Crippen molar-refractivity contribution in [3.63, 3.8) is 0 Å². The summed E-state index contributed by atoms with van der Waals surface area (Å²) in [7, 11) is -2.39. The molecule has 3 N–H and O–H groups in total. The van der Waals surface area contributed by atoms with E-state index in [1.165, 1.54) is 25.4 Å². The summed E-state index contributed by atoms with van der Waals surface area (Å²) >= 11 is 1.27. The van der Waals surface area contributed by atoms with Crippen LogP contribution >= 0.6 is 11.3 Å². The number of hydrogen-bond donors (Lipinski definition) is 2. The quantitative estimate of drug-likeness (QED) is 0.462. The van der Waals surface area contributed by atoms with Crippen molar-refractivity contribution >= 4 is 27.3 Å². The lowest BCUT2D eigenvalue weighted by molar-refractivity contribution is -0.137. The van der Waals surface area contributed by atoms with Crippen LogP contribution in [0.4, 0.5) is 0 Å². The fourth-order valence-electron chi connectivity index (χ4n) is 3.66. The lowest BCUT2D eigenvalue weighted by atomic mass is 9.74. The van der Waals surface area contributed by atoms with Crippen LogP contribution in [0.3, 0.4) is 0 Å². The van der Waals surface area contributed by atoms with E-state index < -0.39 is 16.1 Å². The van der Waals surface area contributed by atoms with Gasteiger partial charge in [-0.3, -0.25) is 4.79 Å². The molecule has 7 nitrogen and oxygen atoms in total. The van der Waals surface area contributed by atoms with E-state index in [9.17, 15) is 18.3 Å². The lowest BCUT2D eigenvalue weighted by Gasteiger charge is -2.32. The van der Waals surface area contributed by atoms with Crippen molar-refractivity contribution in [2.45, 2.75) is 84.0 Å². The molecule has 198 valence electrons. The van der Waals surface area contributed by atoms with Crippen molar-refractivity contribution in [3.8, 4) is 5.75 Å². The van der Waals surface area contributed by atoms with Crippen LogP contribution in [0.5, 0.6) is 5.75 Å². The molecule has 35 heavy (non-hydrogen) atoms. The third-order valence-corrected chi connectivity index (χ3v) is 9.24. The molecule has 0 saturated heterocycles. The van der Waals surface area contributed by atoms with E-state index in [2.05, 4.69) is 24.7 Å². The number of aryl methyl sites for hydroxylation is 2. The first kappa shape index (κ1) is 31.1. The highest BCUT2D eigenvalue weighted by molar-refractivity contribution is 7.91. The smallest absolute Gasteiger partial charge is 0.302 e. The molecular weight excluding hydrogens is 486 g/mol. The van der Waals surface area contributed by atoms with Crippen molar-refractivity contribution in [1.82, 2.24) is 0 Å². The van der Waals surface area contributed by atoms with E-state index >= 15 is 0 Å². The third-order valence-electron chi connectivity index (χ3n) is 6.22. The van der Waals surface area contributed by atoms with Gasteiger partial charge in [0.15, 0.2) is 0 Å². The highest BCUT2D eigenvalue weighted by atomic mass is 32.2. The molecule has 0 aliphatic carbocycles. The number of primary sulfonamides is 1. The van der Waals surface area contributed by atoms with E-state index in [0.29, 0.717) is 5.56 Å². The van der Waals surface area contributed by atoms with E-state index in [1.54, 1.807) is 6.92 Å². The number of carbonyl (C=O) groups excluding carboxylic acids is 1. The van der Waals surface area contributed by atoms with Crippen LogP contribution in [0.25, 0.3) is 0 Å². The topological polar surface area (TPSA) is 116 Å². The molecule has 0 aliphatic rings. The second-order valence-corrected chi connectivity index (χ2v) is 12.6. The highest BCUT2D eigenvalue weighted by Crippen LogP contribution is 2.45. The van der Waals surface area contributed by atoms with Crippen molar-refractivity contribution in [1.29, 1.82) is 0 Å². The SMILES string of the molecule is CCC(CC)(c1ccc(OCC(O)C(C)(C)C)c(C)c1)c1cc(C)c(S(N)(=O)=O)s1.COC(C)=O. The van der Waals surface area contributed by atoms with Gasteiger partial charge in [-0.15, -0.1) is 11.3 Å². The molecule has 1 heterocycles. The van der Waals surface area contributed by atoms with E-state index in [4.69, 9.17) is 9.88 Å². The monoisotopic (exact) mass is 527 g/mol. The molecule has 9 heteroatoms. The molecule has 0 amide bonds. The summed E-state index contributed by atoms with van der Waals surface area (Å²) in [5.74, 6) is 0.501. The first-order valence-electron chi connectivity index (χ1n) is 11.6. The van der Waals surface area contributed by atoms with Crippen molar-refractivity contribution in [2.75, 3.05) is 13.7 Å². The van der Waals surface area contributed by atoms with Gasteiger partial charge in [0.25, 0.3) is 0 Å². The Morgan fingerprint density at radius 3 is 2.03 bits per heavy atom. The molecule has 2 aromatic rings. The van der Waals surface area contributed by atoms with Crippen LogP contribution in [0.15, 0.2) is 28.5 Å². The first-order valence-corrected chi connectivity index (χ1v) is 14.0. The first-order chi connectivity index (χ1) is 16.0. The second-order valence-electron chi connectivity index (χ2n) is 9.78. The highest BCUT2D eigenvalue weighted by Gasteiger charge is 2.34. The van der Waals surface area contributed by atoms with Gasteiger partial charge in [-0.2, -0.15) is 0 Å². The van der Waals surface area contributed by atoms with Gasteiger partial charge in [-0.25, -0.2) is 13.6 Å². The summed E-state index contributed by atoms with van der Waals surface area (Å²) in [5, 5.41) is 15.7. The minimum atomic E-state index is -3.74. The number of carbonyl (C=O) groups is 1. The number of benzene rings is 1. The Bertz CT molecular complexity index is 1100. The maximum absolute atomic E-state index is 12.0. The van der Waals surface area contributed by atoms with Crippen LogP contribution in [0, 0.1) is 19.3 Å². The average molecular weight is 528 g/mol. The van der Waals surface area contributed by atoms with E-state index in [0.717, 1.165) is 34.6 Å². The molecule has 0 fully saturated rings. The summed E-state index contributed by atoms with van der Waals surface area (Å²) in [6, 6.07) is 8.06. The Morgan fingerprint density at radius 1 is 1.11 bits per heavy atom. The van der Waals surface area contributed by atoms with Crippen molar-refractivity contribution in [2.24, 2.45) is 10.6 Å². The molecule has 0 aliphatic heterocycles. The average Bonchev–Trinajstić information content (AvgIpc) is 3.16. The molecular formula is C26H41NO6S2. The molecule has 0 bridgehead atoms. The van der Waals surface area contributed by atoms with Gasteiger partial charge in [0.05, 0.1) is 13.2 Å². The minimum Gasteiger partial charge on any atom is -0.491 e.